The number of nitrogens with zero attached hydrogens (tertiary/aromatic N) is 3. The third-order valence-electron chi connectivity index (χ3n) is 6.41. The molecule has 0 bridgehead atoms. The van der Waals surface area contributed by atoms with E-state index in [9.17, 15) is 5.11 Å². The number of fused-ring (bicyclic) bond motifs is 1. The standard InChI is InChI=1S/C28H31N3O2/c1-29(2)19-23-24(32)13-14-25-28(23)27(21-9-5-3-6-10-21)26(33-25)20-30-15-17-31(18-16-30)22-11-7-4-8-12-22/h3-14,32H,15-20H2,1-2H3. The summed E-state index contributed by atoms with van der Waals surface area (Å²) in [5.74, 6) is 1.28. The van der Waals surface area contributed by atoms with Gasteiger partial charge in [-0.15, -0.1) is 0 Å². The van der Waals surface area contributed by atoms with Crippen LogP contribution in [-0.4, -0.2) is 55.2 Å². The molecule has 1 fully saturated rings. The summed E-state index contributed by atoms with van der Waals surface area (Å²) in [4.78, 5) is 6.99. The smallest absolute Gasteiger partial charge is 0.135 e. The van der Waals surface area contributed by atoms with Gasteiger partial charge in [0.25, 0.3) is 0 Å². The van der Waals surface area contributed by atoms with E-state index in [1.165, 1.54) is 5.69 Å². The lowest BCUT2D eigenvalue weighted by atomic mass is 9.97. The Bertz CT molecular complexity index is 1210. The van der Waals surface area contributed by atoms with E-state index in [0.717, 1.165) is 66.1 Å². The Morgan fingerprint density at radius 1 is 0.848 bits per heavy atom. The molecule has 0 aliphatic carbocycles. The maximum Gasteiger partial charge on any atom is 0.135 e. The number of piperazine rings is 1. The molecule has 1 N–H and O–H groups in total. The van der Waals surface area contributed by atoms with Gasteiger partial charge in [-0.05, 0) is 43.9 Å². The van der Waals surface area contributed by atoms with Crippen LogP contribution in [0.5, 0.6) is 5.75 Å². The van der Waals surface area contributed by atoms with Crippen molar-refractivity contribution in [3.8, 4) is 16.9 Å². The van der Waals surface area contributed by atoms with Crippen LogP contribution >= 0.6 is 0 Å². The number of aromatic hydroxyl groups is 1. The number of rotatable bonds is 6. The zero-order valence-corrected chi connectivity index (χ0v) is 19.4. The fourth-order valence-corrected chi connectivity index (χ4v) is 4.80. The number of para-hydroxylation sites is 1. The first-order chi connectivity index (χ1) is 16.1. The first-order valence-electron chi connectivity index (χ1n) is 11.6. The topological polar surface area (TPSA) is 43.1 Å². The summed E-state index contributed by atoms with van der Waals surface area (Å²) < 4.78 is 6.46. The average molecular weight is 442 g/mol. The van der Waals surface area contributed by atoms with Gasteiger partial charge in [0.2, 0.25) is 0 Å². The molecule has 1 aliphatic heterocycles. The molecule has 0 unspecified atom stereocenters. The van der Waals surface area contributed by atoms with Crippen molar-refractivity contribution in [2.45, 2.75) is 13.1 Å². The van der Waals surface area contributed by atoms with Crippen LogP contribution in [0.2, 0.25) is 0 Å². The Balaban J connectivity index is 1.48. The van der Waals surface area contributed by atoms with Crippen LogP contribution in [0.15, 0.2) is 77.2 Å². The fraction of sp³-hybridized carbons (Fsp3) is 0.286. The largest absolute Gasteiger partial charge is 0.508 e. The Kier molecular flexibility index (Phi) is 6.07. The minimum absolute atomic E-state index is 0.317. The number of benzene rings is 3. The molecule has 1 aromatic heterocycles. The van der Waals surface area contributed by atoms with Crippen LogP contribution in [0.1, 0.15) is 11.3 Å². The molecule has 5 rings (SSSR count). The van der Waals surface area contributed by atoms with Gasteiger partial charge in [0.15, 0.2) is 0 Å². The van der Waals surface area contributed by atoms with Crippen molar-refractivity contribution in [1.29, 1.82) is 0 Å². The lowest BCUT2D eigenvalue weighted by Gasteiger charge is -2.35. The monoisotopic (exact) mass is 441 g/mol. The lowest BCUT2D eigenvalue weighted by Crippen LogP contribution is -2.45. The van der Waals surface area contributed by atoms with E-state index in [2.05, 4.69) is 69.3 Å². The number of hydrogen-bond donors (Lipinski definition) is 1. The molecule has 0 saturated carbocycles. The van der Waals surface area contributed by atoms with Gasteiger partial charge in [0, 0.05) is 54.9 Å². The average Bonchev–Trinajstić information content (AvgIpc) is 3.20. The van der Waals surface area contributed by atoms with Crippen molar-refractivity contribution < 1.29 is 9.52 Å². The molecule has 1 saturated heterocycles. The minimum Gasteiger partial charge on any atom is -0.508 e. The Hall–Kier alpha value is -3.28. The number of anilines is 1. The lowest BCUT2D eigenvalue weighted by molar-refractivity contribution is 0.233. The number of furan rings is 1. The van der Waals surface area contributed by atoms with Gasteiger partial charge in [-0.3, -0.25) is 4.90 Å². The molecule has 5 nitrogen and oxygen atoms in total. The SMILES string of the molecule is CN(C)Cc1c(O)ccc2oc(CN3CCN(c4ccccc4)CC3)c(-c3ccccc3)c12. The highest BCUT2D eigenvalue weighted by atomic mass is 16.3. The van der Waals surface area contributed by atoms with Gasteiger partial charge < -0.3 is 19.3 Å². The third kappa shape index (κ3) is 4.47. The van der Waals surface area contributed by atoms with Crippen LogP contribution in [-0.2, 0) is 13.1 Å². The molecular formula is C28H31N3O2. The molecule has 33 heavy (non-hydrogen) atoms. The van der Waals surface area contributed by atoms with Crippen LogP contribution < -0.4 is 4.90 Å². The third-order valence-corrected chi connectivity index (χ3v) is 6.41. The second kappa shape index (κ2) is 9.30. The van der Waals surface area contributed by atoms with Crippen molar-refractivity contribution in [3.63, 3.8) is 0 Å². The van der Waals surface area contributed by atoms with Crippen molar-refractivity contribution in [2.75, 3.05) is 45.2 Å². The molecule has 0 spiro atoms. The van der Waals surface area contributed by atoms with E-state index in [-0.39, 0.29) is 0 Å². The Labute approximate surface area is 195 Å². The zero-order chi connectivity index (χ0) is 22.8. The number of phenolic OH excluding ortho intramolecular Hbond substituents is 1. The minimum atomic E-state index is 0.317. The van der Waals surface area contributed by atoms with E-state index in [0.29, 0.717) is 12.3 Å². The highest BCUT2D eigenvalue weighted by molar-refractivity contribution is 5.99. The predicted molar refractivity (Wildman–Crippen MR) is 135 cm³/mol. The second-order valence-corrected chi connectivity index (χ2v) is 9.04. The molecule has 0 amide bonds. The molecule has 5 heteroatoms. The first-order valence-corrected chi connectivity index (χ1v) is 11.6. The molecule has 1 aliphatic rings. The van der Waals surface area contributed by atoms with Gasteiger partial charge >= 0.3 is 0 Å². The summed E-state index contributed by atoms with van der Waals surface area (Å²) in [6.45, 7) is 5.36. The number of hydrogen-bond acceptors (Lipinski definition) is 5. The van der Waals surface area contributed by atoms with E-state index < -0.39 is 0 Å². The van der Waals surface area contributed by atoms with Gasteiger partial charge in [-0.1, -0.05) is 48.5 Å². The highest BCUT2D eigenvalue weighted by Gasteiger charge is 2.24. The molecule has 0 radical (unpaired) electrons. The molecule has 0 atom stereocenters. The first kappa shape index (κ1) is 21.6. The fourth-order valence-electron chi connectivity index (χ4n) is 4.80. The second-order valence-electron chi connectivity index (χ2n) is 9.04. The summed E-state index contributed by atoms with van der Waals surface area (Å²) in [7, 11) is 4.04. The highest BCUT2D eigenvalue weighted by Crippen LogP contribution is 2.41. The van der Waals surface area contributed by atoms with Gasteiger partial charge in [-0.25, -0.2) is 0 Å². The van der Waals surface area contributed by atoms with Crippen LogP contribution in [0.3, 0.4) is 0 Å². The normalized spacial score (nSPS) is 14.9. The van der Waals surface area contributed by atoms with Gasteiger partial charge in [0.1, 0.15) is 17.1 Å². The van der Waals surface area contributed by atoms with E-state index in [1.807, 2.05) is 26.2 Å². The summed E-state index contributed by atoms with van der Waals surface area (Å²) in [5, 5.41) is 11.7. The maximum absolute atomic E-state index is 10.7. The molecule has 2 heterocycles. The summed E-state index contributed by atoms with van der Waals surface area (Å²) in [6.07, 6.45) is 0. The predicted octanol–water partition coefficient (Wildman–Crippen LogP) is 5.19. The Morgan fingerprint density at radius 3 is 2.18 bits per heavy atom. The van der Waals surface area contributed by atoms with Crippen molar-refractivity contribution in [2.24, 2.45) is 0 Å². The molecular weight excluding hydrogens is 410 g/mol. The summed E-state index contributed by atoms with van der Waals surface area (Å²) in [5.41, 5.74) is 5.26. The number of phenols is 1. The molecule has 3 aromatic carbocycles. The van der Waals surface area contributed by atoms with Gasteiger partial charge in [-0.2, -0.15) is 0 Å². The van der Waals surface area contributed by atoms with E-state index >= 15 is 0 Å². The summed E-state index contributed by atoms with van der Waals surface area (Å²) in [6, 6.07) is 24.7. The summed E-state index contributed by atoms with van der Waals surface area (Å²) >= 11 is 0. The zero-order valence-electron chi connectivity index (χ0n) is 19.4. The van der Waals surface area contributed by atoms with Crippen LogP contribution in [0.25, 0.3) is 22.1 Å². The van der Waals surface area contributed by atoms with E-state index in [1.54, 1.807) is 6.07 Å². The maximum atomic E-state index is 10.7. The van der Waals surface area contributed by atoms with Gasteiger partial charge in [0.05, 0.1) is 6.54 Å². The van der Waals surface area contributed by atoms with Crippen molar-refractivity contribution in [1.82, 2.24) is 9.80 Å². The molecule has 170 valence electrons. The van der Waals surface area contributed by atoms with E-state index in [4.69, 9.17) is 4.42 Å². The quantitative estimate of drug-likeness (QED) is 0.446. The molecule has 4 aromatic rings. The Morgan fingerprint density at radius 2 is 1.52 bits per heavy atom. The van der Waals surface area contributed by atoms with Crippen molar-refractivity contribution >= 4 is 16.7 Å². The van der Waals surface area contributed by atoms with Crippen molar-refractivity contribution in [3.05, 3.63) is 84.1 Å². The van der Waals surface area contributed by atoms with Crippen LogP contribution in [0, 0.1) is 0 Å². The van der Waals surface area contributed by atoms with Crippen LogP contribution in [0.4, 0.5) is 5.69 Å².